The van der Waals surface area contributed by atoms with Gasteiger partial charge in [0.1, 0.15) is 5.75 Å². The monoisotopic (exact) mass is 220 g/mol. The maximum atomic E-state index is 11.7. The number of carbonyl (C=O) groups is 1. The lowest BCUT2D eigenvalue weighted by molar-refractivity contribution is 0.162. The molecule has 16 heavy (non-hydrogen) atoms. The predicted octanol–water partition coefficient (Wildman–Crippen LogP) is 1.53. The quantitative estimate of drug-likeness (QED) is 0.780. The first-order chi connectivity index (χ1) is 7.65. The van der Waals surface area contributed by atoms with Gasteiger partial charge in [-0.2, -0.15) is 0 Å². The van der Waals surface area contributed by atoms with Crippen LogP contribution in [0.25, 0.3) is 0 Å². The van der Waals surface area contributed by atoms with Crippen LogP contribution in [0.3, 0.4) is 0 Å². The van der Waals surface area contributed by atoms with Crippen molar-refractivity contribution < 1.29 is 9.53 Å². The molecular formula is C12H16N2O2. The molecule has 1 unspecified atom stereocenters. The first kappa shape index (κ1) is 11.0. The summed E-state index contributed by atoms with van der Waals surface area (Å²) in [6, 6.07) is 7.51. The minimum atomic E-state index is -0.309. The summed E-state index contributed by atoms with van der Waals surface area (Å²) in [5, 5.41) is 0. The van der Waals surface area contributed by atoms with Crippen molar-refractivity contribution in [2.75, 3.05) is 13.1 Å². The molecule has 1 aromatic carbocycles. The van der Waals surface area contributed by atoms with Gasteiger partial charge in [-0.05, 0) is 25.5 Å². The van der Waals surface area contributed by atoms with E-state index in [0.717, 1.165) is 12.0 Å². The number of carbonyl (C=O) groups excluding carboxylic acids is 1. The molecule has 0 radical (unpaired) electrons. The molecule has 1 heterocycles. The summed E-state index contributed by atoms with van der Waals surface area (Å²) in [4.78, 5) is 13.3. The van der Waals surface area contributed by atoms with Gasteiger partial charge in [0, 0.05) is 19.1 Å². The van der Waals surface area contributed by atoms with Crippen LogP contribution in [0.4, 0.5) is 4.79 Å². The third kappa shape index (κ3) is 2.52. The van der Waals surface area contributed by atoms with Crippen LogP contribution in [0.1, 0.15) is 12.0 Å². The van der Waals surface area contributed by atoms with Crippen molar-refractivity contribution in [3.05, 3.63) is 29.8 Å². The summed E-state index contributed by atoms with van der Waals surface area (Å²) in [5.74, 6) is 0.580. The van der Waals surface area contributed by atoms with Crippen LogP contribution >= 0.6 is 0 Å². The highest BCUT2D eigenvalue weighted by atomic mass is 16.6. The molecule has 0 saturated carbocycles. The van der Waals surface area contributed by atoms with E-state index in [9.17, 15) is 4.79 Å². The van der Waals surface area contributed by atoms with Crippen LogP contribution in [0.15, 0.2) is 24.3 Å². The van der Waals surface area contributed by atoms with Crippen molar-refractivity contribution in [1.82, 2.24) is 4.90 Å². The zero-order chi connectivity index (χ0) is 11.5. The minimum absolute atomic E-state index is 0.0885. The lowest BCUT2D eigenvalue weighted by Crippen LogP contribution is -2.33. The SMILES string of the molecule is Cc1ccc(OC(=O)N2CCC(N)C2)cc1. The Labute approximate surface area is 95.0 Å². The Morgan fingerprint density at radius 3 is 2.69 bits per heavy atom. The van der Waals surface area contributed by atoms with E-state index in [1.165, 1.54) is 0 Å². The molecule has 0 bridgehead atoms. The largest absolute Gasteiger partial charge is 0.415 e. The fraction of sp³-hybridized carbons (Fsp3) is 0.417. The highest BCUT2D eigenvalue weighted by molar-refractivity contribution is 5.71. The molecule has 1 amide bonds. The van der Waals surface area contributed by atoms with E-state index in [4.69, 9.17) is 10.5 Å². The Balaban J connectivity index is 1.94. The molecule has 0 aromatic heterocycles. The molecule has 1 aromatic rings. The van der Waals surface area contributed by atoms with Gasteiger partial charge in [0.15, 0.2) is 0 Å². The zero-order valence-corrected chi connectivity index (χ0v) is 9.35. The first-order valence-corrected chi connectivity index (χ1v) is 5.44. The maximum absolute atomic E-state index is 11.7. The van der Waals surface area contributed by atoms with Gasteiger partial charge in [-0.1, -0.05) is 17.7 Å². The van der Waals surface area contributed by atoms with Crippen LogP contribution in [-0.4, -0.2) is 30.1 Å². The number of rotatable bonds is 1. The molecule has 0 spiro atoms. The Morgan fingerprint density at radius 2 is 2.12 bits per heavy atom. The Bertz CT molecular complexity index is 375. The number of benzene rings is 1. The number of nitrogens with zero attached hydrogens (tertiary/aromatic N) is 1. The van der Waals surface area contributed by atoms with Crippen molar-refractivity contribution in [2.45, 2.75) is 19.4 Å². The number of hydrogen-bond donors (Lipinski definition) is 1. The molecule has 1 saturated heterocycles. The minimum Gasteiger partial charge on any atom is -0.410 e. The van der Waals surface area contributed by atoms with E-state index in [2.05, 4.69) is 0 Å². The van der Waals surface area contributed by atoms with Crippen molar-refractivity contribution >= 4 is 6.09 Å². The van der Waals surface area contributed by atoms with Crippen LogP contribution in [-0.2, 0) is 0 Å². The van der Waals surface area contributed by atoms with Gasteiger partial charge in [0.05, 0.1) is 0 Å². The lowest BCUT2D eigenvalue weighted by Gasteiger charge is -2.15. The first-order valence-electron chi connectivity index (χ1n) is 5.44. The third-order valence-corrected chi connectivity index (χ3v) is 2.71. The topological polar surface area (TPSA) is 55.6 Å². The van der Waals surface area contributed by atoms with Gasteiger partial charge in [0.25, 0.3) is 0 Å². The van der Waals surface area contributed by atoms with Crippen LogP contribution < -0.4 is 10.5 Å². The van der Waals surface area contributed by atoms with E-state index in [0.29, 0.717) is 18.8 Å². The molecular weight excluding hydrogens is 204 g/mol. The van der Waals surface area contributed by atoms with Crippen molar-refractivity contribution in [3.8, 4) is 5.75 Å². The summed E-state index contributed by atoms with van der Waals surface area (Å²) >= 11 is 0. The molecule has 86 valence electrons. The molecule has 1 aliphatic heterocycles. The van der Waals surface area contributed by atoms with Crippen LogP contribution in [0.5, 0.6) is 5.75 Å². The Morgan fingerprint density at radius 1 is 1.44 bits per heavy atom. The summed E-state index contributed by atoms with van der Waals surface area (Å²) in [5.41, 5.74) is 6.87. The van der Waals surface area contributed by atoms with Crippen molar-refractivity contribution in [1.29, 1.82) is 0 Å². The fourth-order valence-electron chi connectivity index (χ4n) is 1.72. The second-order valence-corrected chi connectivity index (χ2v) is 4.18. The average molecular weight is 220 g/mol. The molecule has 2 N–H and O–H groups in total. The smallest absolute Gasteiger partial charge is 0.410 e. The third-order valence-electron chi connectivity index (χ3n) is 2.71. The van der Waals surface area contributed by atoms with E-state index in [-0.39, 0.29) is 12.1 Å². The van der Waals surface area contributed by atoms with E-state index in [1.54, 1.807) is 17.0 Å². The molecule has 1 aliphatic rings. The molecule has 4 heteroatoms. The number of nitrogens with two attached hydrogens (primary N) is 1. The number of hydrogen-bond acceptors (Lipinski definition) is 3. The van der Waals surface area contributed by atoms with E-state index >= 15 is 0 Å². The molecule has 4 nitrogen and oxygen atoms in total. The molecule has 1 atom stereocenters. The van der Waals surface area contributed by atoms with Crippen molar-refractivity contribution in [2.24, 2.45) is 5.73 Å². The highest BCUT2D eigenvalue weighted by Gasteiger charge is 2.24. The zero-order valence-electron chi connectivity index (χ0n) is 9.35. The van der Waals surface area contributed by atoms with Gasteiger partial charge in [-0.25, -0.2) is 4.79 Å². The average Bonchev–Trinajstić information content (AvgIpc) is 2.68. The van der Waals surface area contributed by atoms with Gasteiger partial charge < -0.3 is 15.4 Å². The van der Waals surface area contributed by atoms with Gasteiger partial charge in [0.2, 0.25) is 0 Å². The molecule has 0 aliphatic carbocycles. The van der Waals surface area contributed by atoms with Crippen molar-refractivity contribution in [3.63, 3.8) is 0 Å². The second-order valence-electron chi connectivity index (χ2n) is 4.18. The number of ether oxygens (including phenoxy) is 1. The summed E-state index contributed by atoms with van der Waals surface area (Å²) in [7, 11) is 0. The Kier molecular flexibility index (Phi) is 3.10. The standard InChI is InChI=1S/C12H16N2O2/c1-9-2-4-11(5-3-9)16-12(15)14-7-6-10(13)8-14/h2-5,10H,6-8,13H2,1H3. The fourth-order valence-corrected chi connectivity index (χ4v) is 1.72. The Hall–Kier alpha value is -1.55. The molecule has 1 fully saturated rings. The summed E-state index contributed by atoms with van der Waals surface area (Å²) in [6.07, 6.45) is 0.542. The molecule has 2 rings (SSSR count). The summed E-state index contributed by atoms with van der Waals surface area (Å²) < 4.78 is 5.23. The van der Waals surface area contributed by atoms with E-state index < -0.39 is 0 Å². The van der Waals surface area contributed by atoms with Crippen LogP contribution in [0, 0.1) is 6.92 Å². The lowest BCUT2D eigenvalue weighted by atomic mass is 10.2. The number of amides is 1. The number of likely N-dealkylation sites (tertiary alicyclic amines) is 1. The van der Waals surface area contributed by atoms with E-state index in [1.807, 2.05) is 19.1 Å². The maximum Gasteiger partial charge on any atom is 0.415 e. The highest BCUT2D eigenvalue weighted by Crippen LogP contribution is 2.15. The van der Waals surface area contributed by atoms with Gasteiger partial charge in [-0.3, -0.25) is 0 Å². The second kappa shape index (κ2) is 4.53. The van der Waals surface area contributed by atoms with Gasteiger partial charge >= 0.3 is 6.09 Å². The number of aryl methyl sites for hydroxylation is 1. The predicted molar refractivity (Wildman–Crippen MR) is 61.4 cm³/mol. The normalized spacial score (nSPS) is 19.9. The summed E-state index contributed by atoms with van der Waals surface area (Å²) in [6.45, 7) is 3.27. The van der Waals surface area contributed by atoms with Crippen LogP contribution in [0.2, 0.25) is 0 Å². The van der Waals surface area contributed by atoms with Gasteiger partial charge in [-0.15, -0.1) is 0 Å².